The molecule has 2 bridgehead atoms. The van der Waals surface area contributed by atoms with Crippen LogP contribution in [0.5, 0.6) is 5.75 Å². The number of allylic oxidation sites excluding steroid dienone is 2. The van der Waals surface area contributed by atoms with Crippen molar-refractivity contribution < 1.29 is 23.9 Å². The average Bonchev–Trinajstić information content (AvgIpc) is 3.56. The van der Waals surface area contributed by atoms with Gasteiger partial charge in [-0.2, -0.15) is 0 Å². The number of carbonyl (C=O) groups excluding carboxylic acids is 4. The fraction of sp³-hybridized carbons (Fsp3) is 0.400. The van der Waals surface area contributed by atoms with Crippen LogP contribution in [0.3, 0.4) is 0 Å². The van der Waals surface area contributed by atoms with E-state index < -0.39 is 11.9 Å². The lowest BCUT2D eigenvalue weighted by Crippen LogP contribution is -2.40. The van der Waals surface area contributed by atoms with Gasteiger partial charge in [0.1, 0.15) is 5.75 Å². The van der Waals surface area contributed by atoms with Gasteiger partial charge >= 0.3 is 5.97 Å². The van der Waals surface area contributed by atoms with E-state index in [0.29, 0.717) is 17.5 Å². The standard InChI is InChI=1S/C30H28N2O5/c1-15-5-3-6-16(2)27(15)31-14-17(11-24(31)33)30(36)37-19-8-4-7-18(12-19)32-28(34)25-20-9-10-21(23-13-22(20)23)26(25)29(32)35/h3-10,12,17,20-23,25-26H,11,13-14H2,1-2H3/t17-,20+,21+,22-,23+,25-,26-/m1/s1. The minimum absolute atomic E-state index is 0.0802. The van der Waals surface area contributed by atoms with Crippen molar-refractivity contribution in [2.24, 2.45) is 41.4 Å². The maximum absolute atomic E-state index is 13.4. The Kier molecular flexibility index (Phi) is 4.78. The Morgan fingerprint density at radius 1 is 0.892 bits per heavy atom. The second-order valence-corrected chi connectivity index (χ2v) is 11.2. The minimum Gasteiger partial charge on any atom is -0.426 e. The van der Waals surface area contributed by atoms with Gasteiger partial charge in [0, 0.05) is 24.7 Å². The highest BCUT2D eigenvalue weighted by atomic mass is 16.5. The summed E-state index contributed by atoms with van der Waals surface area (Å²) in [6, 6.07) is 12.5. The molecule has 8 rings (SSSR count). The van der Waals surface area contributed by atoms with Crippen molar-refractivity contribution in [1.29, 1.82) is 0 Å². The number of benzene rings is 2. The van der Waals surface area contributed by atoms with E-state index in [4.69, 9.17) is 4.74 Å². The third kappa shape index (κ3) is 3.26. The minimum atomic E-state index is -0.596. The Labute approximate surface area is 215 Å². The Morgan fingerprint density at radius 3 is 2.16 bits per heavy atom. The molecule has 0 aromatic heterocycles. The van der Waals surface area contributed by atoms with Gasteiger partial charge in [0.15, 0.2) is 0 Å². The Morgan fingerprint density at radius 2 is 1.51 bits per heavy atom. The van der Waals surface area contributed by atoms with Crippen molar-refractivity contribution in [2.45, 2.75) is 26.7 Å². The Hall–Kier alpha value is -3.74. The molecule has 4 aliphatic carbocycles. The number of para-hydroxylation sites is 1. The molecule has 37 heavy (non-hydrogen) atoms. The number of nitrogens with zero attached hydrogens (tertiary/aromatic N) is 2. The lowest BCUT2D eigenvalue weighted by atomic mass is 9.63. The second kappa shape index (κ2) is 7.88. The molecule has 3 amide bonds. The molecule has 0 N–H and O–H groups in total. The summed E-state index contributed by atoms with van der Waals surface area (Å²) in [5.74, 6) is -0.390. The molecule has 2 aromatic rings. The van der Waals surface area contributed by atoms with E-state index in [-0.39, 0.29) is 60.1 Å². The number of esters is 1. The molecule has 2 saturated carbocycles. The molecule has 4 fully saturated rings. The molecule has 0 unspecified atom stereocenters. The summed E-state index contributed by atoms with van der Waals surface area (Å²) in [6.45, 7) is 4.16. The van der Waals surface area contributed by atoms with Crippen molar-refractivity contribution in [3.8, 4) is 5.75 Å². The van der Waals surface area contributed by atoms with Crippen LogP contribution in [0.15, 0.2) is 54.6 Å². The fourth-order valence-corrected chi connectivity index (χ4v) is 7.41. The van der Waals surface area contributed by atoms with E-state index in [2.05, 4.69) is 12.2 Å². The molecule has 0 spiro atoms. The molecule has 7 atom stereocenters. The SMILES string of the molecule is Cc1cccc(C)c1N1C[C@H](C(=O)Oc2cccc(N3C(=O)[C@@H]4[C@H]5C=C[C@@H]([C@@H]6C[C@H]56)[C@H]4C3=O)c2)CC1=O. The Bertz CT molecular complexity index is 1360. The number of hydrogen-bond donors (Lipinski definition) is 0. The summed E-state index contributed by atoms with van der Waals surface area (Å²) in [5, 5.41) is 0. The topological polar surface area (TPSA) is 84.0 Å². The zero-order valence-corrected chi connectivity index (χ0v) is 20.8. The van der Waals surface area contributed by atoms with Gasteiger partial charge in [0.05, 0.1) is 23.4 Å². The number of rotatable bonds is 4. The highest BCUT2D eigenvalue weighted by Gasteiger charge is 2.67. The first kappa shape index (κ1) is 22.5. The number of ether oxygens (including phenoxy) is 1. The highest BCUT2D eigenvalue weighted by molar-refractivity contribution is 6.22. The van der Waals surface area contributed by atoms with E-state index in [1.807, 2.05) is 32.0 Å². The van der Waals surface area contributed by atoms with E-state index in [1.54, 1.807) is 29.2 Å². The molecular weight excluding hydrogens is 468 g/mol. The number of hydrogen-bond acceptors (Lipinski definition) is 5. The molecule has 7 nitrogen and oxygen atoms in total. The fourth-order valence-electron chi connectivity index (χ4n) is 7.41. The van der Waals surface area contributed by atoms with Crippen LogP contribution in [-0.2, 0) is 19.2 Å². The van der Waals surface area contributed by atoms with Crippen LogP contribution in [0, 0.1) is 55.3 Å². The van der Waals surface area contributed by atoms with Crippen LogP contribution in [0.1, 0.15) is 24.0 Å². The number of anilines is 2. The van der Waals surface area contributed by atoms with E-state index in [0.717, 1.165) is 23.2 Å². The van der Waals surface area contributed by atoms with Crippen LogP contribution in [0.2, 0.25) is 0 Å². The number of amides is 3. The molecule has 6 aliphatic rings. The quantitative estimate of drug-likeness (QED) is 0.278. The van der Waals surface area contributed by atoms with Crippen LogP contribution in [0.4, 0.5) is 11.4 Å². The normalized spacial score (nSPS) is 33.1. The lowest BCUT2D eigenvalue weighted by Gasteiger charge is -2.37. The van der Waals surface area contributed by atoms with Crippen LogP contribution in [-0.4, -0.2) is 30.2 Å². The van der Waals surface area contributed by atoms with Gasteiger partial charge in [-0.1, -0.05) is 36.4 Å². The second-order valence-electron chi connectivity index (χ2n) is 11.2. The summed E-state index contributed by atoms with van der Waals surface area (Å²) in [7, 11) is 0. The molecular formula is C30H28N2O5. The van der Waals surface area contributed by atoms with Gasteiger partial charge in [-0.25, -0.2) is 4.90 Å². The van der Waals surface area contributed by atoms with Crippen molar-refractivity contribution in [1.82, 2.24) is 0 Å². The predicted octanol–water partition coefficient (Wildman–Crippen LogP) is 3.82. The van der Waals surface area contributed by atoms with Crippen molar-refractivity contribution in [2.75, 3.05) is 16.3 Å². The summed E-state index contributed by atoms with van der Waals surface area (Å²) < 4.78 is 5.68. The number of imide groups is 1. The van der Waals surface area contributed by atoms with Gasteiger partial charge in [0.2, 0.25) is 17.7 Å². The summed E-state index contributed by atoms with van der Waals surface area (Å²) in [5.41, 5.74) is 3.24. The zero-order valence-electron chi connectivity index (χ0n) is 20.8. The van der Waals surface area contributed by atoms with Crippen LogP contribution < -0.4 is 14.5 Å². The van der Waals surface area contributed by atoms with Crippen LogP contribution >= 0.6 is 0 Å². The summed E-state index contributed by atoms with van der Waals surface area (Å²) >= 11 is 0. The average molecular weight is 497 g/mol. The molecule has 188 valence electrons. The maximum Gasteiger partial charge on any atom is 0.316 e. The maximum atomic E-state index is 13.4. The molecule has 2 heterocycles. The third-order valence-corrected chi connectivity index (χ3v) is 9.12. The van der Waals surface area contributed by atoms with Crippen molar-refractivity contribution in [3.05, 3.63) is 65.7 Å². The highest BCUT2D eigenvalue weighted by Crippen LogP contribution is 2.65. The lowest BCUT2D eigenvalue weighted by molar-refractivity contribution is -0.139. The third-order valence-electron chi connectivity index (χ3n) is 9.12. The largest absolute Gasteiger partial charge is 0.426 e. The van der Waals surface area contributed by atoms with E-state index in [9.17, 15) is 19.2 Å². The monoisotopic (exact) mass is 496 g/mol. The first-order valence-corrected chi connectivity index (χ1v) is 13.1. The number of carbonyl (C=O) groups is 4. The predicted molar refractivity (Wildman–Crippen MR) is 136 cm³/mol. The Balaban J connectivity index is 1.09. The van der Waals surface area contributed by atoms with Crippen molar-refractivity contribution >= 4 is 35.1 Å². The van der Waals surface area contributed by atoms with E-state index in [1.165, 1.54) is 4.90 Å². The first-order valence-electron chi connectivity index (χ1n) is 13.1. The van der Waals surface area contributed by atoms with Gasteiger partial charge in [-0.3, -0.25) is 19.2 Å². The molecule has 2 aromatic carbocycles. The molecule has 2 aliphatic heterocycles. The summed E-state index contributed by atoms with van der Waals surface area (Å²) in [6.07, 6.45) is 5.50. The summed E-state index contributed by atoms with van der Waals surface area (Å²) in [4.78, 5) is 55.7. The first-order chi connectivity index (χ1) is 17.8. The zero-order chi connectivity index (χ0) is 25.6. The van der Waals surface area contributed by atoms with Gasteiger partial charge in [0.25, 0.3) is 0 Å². The smallest absolute Gasteiger partial charge is 0.316 e. The van der Waals surface area contributed by atoms with Gasteiger partial charge in [-0.15, -0.1) is 0 Å². The van der Waals surface area contributed by atoms with Gasteiger partial charge < -0.3 is 9.64 Å². The molecule has 0 radical (unpaired) electrons. The molecule has 2 saturated heterocycles. The molecule has 7 heteroatoms. The van der Waals surface area contributed by atoms with Crippen LogP contribution in [0.25, 0.3) is 0 Å². The van der Waals surface area contributed by atoms with E-state index >= 15 is 0 Å². The number of aryl methyl sites for hydroxylation is 2. The van der Waals surface area contributed by atoms with Gasteiger partial charge in [-0.05, 0) is 67.2 Å². The van der Waals surface area contributed by atoms with Crippen molar-refractivity contribution in [3.63, 3.8) is 0 Å².